The predicted octanol–water partition coefficient (Wildman–Crippen LogP) is 2.04. The minimum atomic E-state index is 0.181. The molecule has 1 heterocycles. The zero-order valence-corrected chi connectivity index (χ0v) is 13.1. The summed E-state index contributed by atoms with van der Waals surface area (Å²) in [4.78, 5) is 14.3. The van der Waals surface area contributed by atoms with E-state index in [-0.39, 0.29) is 12.0 Å². The Labute approximate surface area is 123 Å². The first-order valence-electron chi connectivity index (χ1n) is 8.26. The van der Waals surface area contributed by atoms with E-state index in [1.165, 1.54) is 32.1 Å². The average Bonchev–Trinajstić information content (AvgIpc) is 2.46. The highest BCUT2D eigenvalue weighted by Gasteiger charge is 2.24. The van der Waals surface area contributed by atoms with Crippen LogP contribution in [0.15, 0.2) is 0 Å². The number of morpholine rings is 1. The van der Waals surface area contributed by atoms with Crippen molar-refractivity contribution < 1.29 is 9.53 Å². The highest BCUT2D eigenvalue weighted by Crippen LogP contribution is 2.22. The van der Waals surface area contributed by atoms with Gasteiger partial charge < -0.3 is 10.1 Å². The normalized spacial score (nSPS) is 25.9. The molecule has 1 aliphatic heterocycles. The van der Waals surface area contributed by atoms with E-state index in [0.717, 1.165) is 26.2 Å². The Morgan fingerprint density at radius 2 is 2.05 bits per heavy atom. The van der Waals surface area contributed by atoms with E-state index in [2.05, 4.69) is 24.1 Å². The van der Waals surface area contributed by atoms with E-state index < -0.39 is 0 Å². The number of carbonyl (C=O) groups excluding carboxylic acids is 1. The quantitative estimate of drug-likeness (QED) is 0.839. The van der Waals surface area contributed by atoms with E-state index in [1.54, 1.807) is 0 Å². The van der Waals surface area contributed by atoms with Gasteiger partial charge in [-0.1, -0.05) is 33.1 Å². The maximum atomic E-state index is 12.0. The van der Waals surface area contributed by atoms with Crippen LogP contribution in [0.3, 0.4) is 0 Å². The number of ether oxygens (including phenoxy) is 1. The maximum absolute atomic E-state index is 12.0. The summed E-state index contributed by atoms with van der Waals surface area (Å²) in [6.07, 6.45) is 6.88. The number of nitrogens with zero attached hydrogens (tertiary/aromatic N) is 1. The molecule has 20 heavy (non-hydrogen) atoms. The van der Waals surface area contributed by atoms with Gasteiger partial charge in [-0.3, -0.25) is 9.69 Å². The number of nitrogens with one attached hydrogen (secondary N) is 1. The Balaban J connectivity index is 1.65. The Bertz CT molecular complexity index is 301. The van der Waals surface area contributed by atoms with E-state index >= 15 is 0 Å². The first-order chi connectivity index (χ1) is 9.65. The van der Waals surface area contributed by atoms with Gasteiger partial charge in [-0.25, -0.2) is 0 Å². The van der Waals surface area contributed by atoms with Crippen molar-refractivity contribution in [3.63, 3.8) is 0 Å². The minimum absolute atomic E-state index is 0.181. The number of carbonyl (C=O) groups is 1. The Morgan fingerprint density at radius 3 is 2.75 bits per heavy atom. The van der Waals surface area contributed by atoms with Gasteiger partial charge in [-0.05, 0) is 24.7 Å². The third kappa shape index (κ3) is 5.06. The molecular weight excluding hydrogens is 252 g/mol. The van der Waals surface area contributed by atoms with Gasteiger partial charge in [0.1, 0.15) is 0 Å². The Kier molecular flexibility index (Phi) is 6.30. The third-order valence-corrected chi connectivity index (χ3v) is 4.60. The molecule has 1 aliphatic carbocycles. The molecule has 2 aliphatic rings. The number of rotatable bonds is 5. The molecule has 2 fully saturated rings. The fourth-order valence-electron chi connectivity index (χ4n) is 3.19. The van der Waals surface area contributed by atoms with Gasteiger partial charge in [0.2, 0.25) is 5.91 Å². The van der Waals surface area contributed by atoms with Gasteiger partial charge in [-0.2, -0.15) is 0 Å². The SMILES string of the molecule is CC(C)[C@H]1CN(CC(=O)NCC2CCCCC2)CCO1. The molecule has 0 unspecified atom stereocenters. The molecule has 1 saturated carbocycles. The molecule has 1 amide bonds. The first-order valence-corrected chi connectivity index (χ1v) is 8.26. The van der Waals surface area contributed by atoms with Gasteiger partial charge in [0.25, 0.3) is 0 Å². The van der Waals surface area contributed by atoms with Crippen molar-refractivity contribution in [2.24, 2.45) is 11.8 Å². The highest BCUT2D eigenvalue weighted by atomic mass is 16.5. The van der Waals surface area contributed by atoms with Crippen molar-refractivity contribution in [1.29, 1.82) is 0 Å². The average molecular weight is 282 g/mol. The summed E-state index contributed by atoms with van der Waals surface area (Å²) >= 11 is 0. The fraction of sp³-hybridized carbons (Fsp3) is 0.938. The second kappa shape index (κ2) is 7.99. The molecule has 0 aromatic carbocycles. The van der Waals surface area contributed by atoms with Gasteiger partial charge in [0, 0.05) is 19.6 Å². The largest absolute Gasteiger partial charge is 0.375 e. The van der Waals surface area contributed by atoms with Crippen LogP contribution < -0.4 is 5.32 Å². The Hall–Kier alpha value is -0.610. The molecule has 1 N–H and O–H groups in total. The summed E-state index contributed by atoms with van der Waals surface area (Å²) in [6.45, 7) is 8.26. The van der Waals surface area contributed by atoms with E-state index in [4.69, 9.17) is 4.74 Å². The molecule has 1 saturated heterocycles. The van der Waals surface area contributed by atoms with Crippen LogP contribution >= 0.6 is 0 Å². The molecule has 0 aromatic heterocycles. The molecule has 1 atom stereocenters. The van der Waals surface area contributed by atoms with Crippen LogP contribution in [0.1, 0.15) is 46.0 Å². The number of amides is 1. The van der Waals surface area contributed by atoms with Crippen molar-refractivity contribution >= 4 is 5.91 Å². The second-order valence-electron chi connectivity index (χ2n) is 6.70. The van der Waals surface area contributed by atoms with Crippen LogP contribution in [0.2, 0.25) is 0 Å². The lowest BCUT2D eigenvalue weighted by Crippen LogP contribution is -2.48. The van der Waals surface area contributed by atoms with Crippen LogP contribution in [-0.2, 0) is 9.53 Å². The van der Waals surface area contributed by atoms with Crippen molar-refractivity contribution in [3.8, 4) is 0 Å². The minimum Gasteiger partial charge on any atom is -0.375 e. The summed E-state index contributed by atoms with van der Waals surface area (Å²) in [6, 6.07) is 0. The van der Waals surface area contributed by atoms with Crippen molar-refractivity contribution in [3.05, 3.63) is 0 Å². The summed E-state index contributed by atoms with van der Waals surface area (Å²) in [5, 5.41) is 3.12. The van der Waals surface area contributed by atoms with Gasteiger partial charge in [-0.15, -0.1) is 0 Å². The monoisotopic (exact) mass is 282 g/mol. The highest BCUT2D eigenvalue weighted by molar-refractivity contribution is 5.78. The summed E-state index contributed by atoms with van der Waals surface area (Å²) in [5.74, 6) is 1.41. The van der Waals surface area contributed by atoms with Gasteiger partial charge >= 0.3 is 0 Å². The van der Waals surface area contributed by atoms with Gasteiger partial charge in [0.05, 0.1) is 19.3 Å². The summed E-state index contributed by atoms with van der Waals surface area (Å²) in [5.41, 5.74) is 0. The van der Waals surface area contributed by atoms with Crippen molar-refractivity contribution in [2.75, 3.05) is 32.8 Å². The lowest BCUT2D eigenvalue weighted by Gasteiger charge is -2.34. The molecular formula is C16H30N2O2. The molecule has 4 nitrogen and oxygen atoms in total. The topological polar surface area (TPSA) is 41.6 Å². The van der Waals surface area contributed by atoms with Crippen LogP contribution in [0.4, 0.5) is 0 Å². The lowest BCUT2D eigenvalue weighted by molar-refractivity contribution is -0.125. The van der Waals surface area contributed by atoms with Crippen LogP contribution in [0, 0.1) is 11.8 Å². The molecule has 0 radical (unpaired) electrons. The Morgan fingerprint density at radius 1 is 1.30 bits per heavy atom. The van der Waals surface area contributed by atoms with E-state index in [1.807, 2.05) is 0 Å². The standard InChI is InChI=1S/C16H30N2O2/c1-13(2)15-11-18(8-9-20-15)12-16(19)17-10-14-6-4-3-5-7-14/h13-15H,3-12H2,1-2H3,(H,17,19)/t15-/m1/s1. The van der Waals surface area contributed by atoms with Gasteiger partial charge in [0.15, 0.2) is 0 Å². The maximum Gasteiger partial charge on any atom is 0.234 e. The zero-order valence-electron chi connectivity index (χ0n) is 13.1. The molecule has 0 aromatic rings. The third-order valence-electron chi connectivity index (χ3n) is 4.60. The summed E-state index contributed by atoms with van der Waals surface area (Å²) < 4.78 is 5.73. The first kappa shape index (κ1) is 15.8. The molecule has 0 bridgehead atoms. The van der Waals surface area contributed by atoms with Crippen LogP contribution in [0.25, 0.3) is 0 Å². The van der Waals surface area contributed by atoms with E-state index in [0.29, 0.717) is 18.4 Å². The molecule has 2 rings (SSSR count). The van der Waals surface area contributed by atoms with Crippen LogP contribution in [0.5, 0.6) is 0 Å². The lowest BCUT2D eigenvalue weighted by atomic mass is 9.89. The van der Waals surface area contributed by atoms with Crippen LogP contribution in [-0.4, -0.2) is 49.7 Å². The van der Waals surface area contributed by atoms with Crippen molar-refractivity contribution in [2.45, 2.75) is 52.1 Å². The molecule has 4 heteroatoms. The zero-order chi connectivity index (χ0) is 14.4. The van der Waals surface area contributed by atoms with E-state index in [9.17, 15) is 4.79 Å². The number of hydrogen-bond donors (Lipinski definition) is 1. The molecule has 116 valence electrons. The van der Waals surface area contributed by atoms with Crippen molar-refractivity contribution in [1.82, 2.24) is 10.2 Å². The number of hydrogen-bond acceptors (Lipinski definition) is 3. The summed E-state index contributed by atoms with van der Waals surface area (Å²) in [7, 11) is 0. The predicted molar refractivity (Wildman–Crippen MR) is 80.6 cm³/mol. The molecule has 0 spiro atoms. The second-order valence-corrected chi connectivity index (χ2v) is 6.70. The fourth-order valence-corrected chi connectivity index (χ4v) is 3.19. The smallest absolute Gasteiger partial charge is 0.234 e.